The molecule has 0 unspecified atom stereocenters. The van der Waals surface area contributed by atoms with Crippen molar-refractivity contribution in [1.29, 1.82) is 0 Å². The Morgan fingerprint density at radius 3 is 2.38 bits per heavy atom. The van der Waals surface area contributed by atoms with Gasteiger partial charge in [0.25, 0.3) is 0 Å². The van der Waals surface area contributed by atoms with Gasteiger partial charge < -0.3 is 19.9 Å². The Labute approximate surface area is 169 Å². The van der Waals surface area contributed by atoms with Crippen molar-refractivity contribution in [2.45, 2.75) is 26.7 Å². The van der Waals surface area contributed by atoms with Gasteiger partial charge in [-0.3, -0.25) is 9.59 Å². The van der Waals surface area contributed by atoms with Crippen LogP contribution >= 0.6 is 0 Å². The highest BCUT2D eigenvalue weighted by Crippen LogP contribution is 2.26. The average molecular weight is 399 g/mol. The van der Waals surface area contributed by atoms with Gasteiger partial charge in [-0.15, -0.1) is 0 Å². The van der Waals surface area contributed by atoms with E-state index in [0.29, 0.717) is 30.2 Å². The highest BCUT2D eigenvalue weighted by Gasteiger charge is 2.07. The number of amides is 2. The van der Waals surface area contributed by atoms with Gasteiger partial charge in [-0.2, -0.15) is 5.10 Å². The summed E-state index contributed by atoms with van der Waals surface area (Å²) in [5.41, 5.74) is 3.65. The Bertz CT molecular complexity index is 850. The molecule has 0 aromatic heterocycles. The summed E-state index contributed by atoms with van der Waals surface area (Å²) in [4.78, 5) is 23.8. The summed E-state index contributed by atoms with van der Waals surface area (Å²) < 4.78 is 10.6. The number of phenols is 1. The van der Waals surface area contributed by atoms with E-state index in [1.54, 1.807) is 36.4 Å². The van der Waals surface area contributed by atoms with Gasteiger partial charge in [-0.25, -0.2) is 5.43 Å². The van der Waals surface area contributed by atoms with Crippen molar-refractivity contribution >= 4 is 23.7 Å². The van der Waals surface area contributed by atoms with Gasteiger partial charge >= 0.3 is 0 Å². The predicted octanol–water partition coefficient (Wildman–Crippen LogP) is 3.06. The largest absolute Gasteiger partial charge is 0.504 e. The number of carbonyl (C=O) groups is 2. The normalized spacial score (nSPS) is 10.6. The topological polar surface area (TPSA) is 109 Å². The number of phenolic OH excluding ortho intramolecular Hbond substituents is 1. The average Bonchev–Trinajstić information content (AvgIpc) is 2.71. The number of carbonyl (C=O) groups excluding carboxylic acids is 2. The minimum absolute atomic E-state index is 0.0000234. The van der Waals surface area contributed by atoms with Crippen LogP contribution in [0.3, 0.4) is 0 Å². The van der Waals surface area contributed by atoms with E-state index in [1.807, 2.05) is 13.8 Å². The molecule has 0 aliphatic carbocycles. The third kappa shape index (κ3) is 7.53. The SMILES string of the molecule is CCOc1ccc(NC(=O)CCC(=O)NN=Cc2ccc(O)c(OCC)c2)cc1. The Morgan fingerprint density at radius 2 is 1.69 bits per heavy atom. The number of rotatable bonds is 10. The van der Waals surface area contributed by atoms with Crippen LogP contribution in [-0.4, -0.2) is 36.3 Å². The lowest BCUT2D eigenvalue weighted by atomic mass is 10.2. The Kier molecular flexibility index (Phi) is 8.50. The molecule has 29 heavy (non-hydrogen) atoms. The molecule has 2 aromatic carbocycles. The van der Waals surface area contributed by atoms with Crippen molar-refractivity contribution in [1.82, 2.24) is 5.43 Å². The van der Waals surface area contributed by atoms with E-state index in [-0.39, 0.29) is 30.4 Å². The maximum atomic E-state index is 12.0. The number of hydrogen-bond acceptors (Lipinski definition) is 6. The third-order valence-electron chi connectivity index (χ3n) is 3.71. The smallest absolute Gasteiger partial charge is 0.240 e. The summed E-state index contributed by atoms with van der Waals surface area (Å²) in [6.45, 7) is 4.70. The molecule has 0 atom stereocenters. The molecule has 2 aromatic rings. The molecule has 0 fully saturated rings. The van der Waals surface area contributed by atoms with Crippen molar-refractivity contribution in [3.05, 3.63) is 48.0 Å². The number of hydrazone groups is 1. The van der Waals surface area contributed by atoms with Gasteiger partial charge in [-0.1, -0.05) is 0 Å². The third-order valence-corrected chi connectivity index (χ3v) is 3.71. The molecular formula is C21H25N3O5. The zero-order valence-corrected chi connectivity index (χ0v) is 16.5. The Balaban J connectivity index is 1.75. The molecule has 3 N–H and O–H groups in total. The van der Waals surface area contributed by atoms with E-state index >= 15 is 0 Å². The van der Waals surface area contributed by atoms with E-state index in [2.05, 4.69) is 15.8 Å². The minimum atomic E-state index is -0.382. The summed E-state index contributed by atoms with van der Waals surface area (Å²) >= 11 is 0. The van der Waals surface area contributed by atoms with E-state index in [0.717, 1.165) is 5.75 Å². The van der Waals surface area contributed by atoms with Gasteiger partial charge in [0.15, 0.2) is 11.5 Å². The fourth-order valence-corrected chi connectivity index (χ4v) is 2.37. The van der Waals surface area contributed by atoms with E-state index in [1.165, 1.54) is 12.3 Å². The van der Waals surface area contributed by atoms with Crippen LogP contribution < -0.4 is 20.2 Å². The standard InChI is InChI=1S/C21H25N3O5/c1-3-28-17-8-6-16(7-9-17)23-20(26)11-12-21(27)24-22-14-15-5-10-18(25)19(13-15)29-4-2/h5-10,13-14,25H,3-4,11-12H2,1-2H3,(H,23,26)(H,24,27). The van der Waals surface area contributed by atoms with Crippen LogP contribution in [0.25, 0.3) is 0 Å². The highest BCUT2D eigenvalue weighted by molar-refractivity contribution is 5.93. The summed E-state index contributed by atoms with van der Waals surface area (Å²) in [5, 5.41) is 16.2. The number of hydrogen-bond donors (Lipinski definition) is 3. The summed E-state index contributed by atoms with van der Waals surface area (Å²) in [6, 6.07) is 11.7. The van der Waals surface area contributed by atoms with Crippen molar-refractivity contribution in [3.8, 4) is 17.2 Å². The summed E-state index contributed by atoms with van der Waals surface area (Å²) in [7, 11) is 0. The highest BCUT2D eigenvalue weighted by atomic mass is 16.5. The number of nitrogens with one attached hydrogen (secondary N) is 2. The molecule has 0 bridgehead atoms. The minimum Gasteiger partial charge on any atom is -0.504 e. The van der Waals surface area contributed by atoms with Crippen LogP contribution in [0.15, 0.2) is 47.6 Å². The molecule has 0 aliphatic rings. The fraction of sp³-hybridized carbons (Fsp3) is 0.286. The van der Waals surface area contributed by atoms with Crippen molar-refractivity contribution < 1.29 is 24.2 Å². The molecule has 0 aliphatic heterocycles. The first-order chi connectivity index (χ1) is 14.0. The van der Waals surface area contributed by atoms with Gasteiger partial charge in [0.2, 0.25) is 11.8 Å². The van der Waals surface area contributed by atoms with Crippen LogP contribution in [0.1, 0.15) is 32.3 Å². The van der Waals surface area contributed by atoms with Crippen molar-refractivity contribution in [2.24, 2.45) is 5.10 Å². The summed E-state index contributed by atoms with van der Waals surface area (Å²) in [5.74, 6) is 0.449. The first-order valence-electron chi connectivity index (χ1n) is 9.32. The number of benzene rings is 2. The zero-order chi connectivity index (χ0) is 21.1. The van der Waals surface area contributed by atoms with Crippen LogP contribution in [0, 0.1) is 0 Å². The lowest BCUT2D eigenvalue weighted by Gasteiger charge is -2.07. The quantitative estimate of drug-likeness (QED) is 0.420. The van der Waals surface area contributed by atoms with E-state index in [9.17, 15) is 14.7 Å². The molecule has 0 saturated carbocycles. The second-order valence-corrected chi connectivity index (χ2v) is 5.96. The molecular weight excluding hydrogens is 374 g/mol. The van der Waals surface area contributed by atoms with Crippen molar-refractivity contribution in [2.75, 3.05) is 18.5 Å². The second-order valence-electron chi connectivity index (χ2n) is 5.96. The molecule has 8 nitrogen and oxygen atoms in total. The van der Waals surface area contributed by atoms with E-state index in [4.69, 9.17) is 9.47 Å². The van der Waals surface area contributed by atoms with Crippen molar-refractivity contribution in [3.63, 3.8) is 0 Å². The predicted molar refractivity (Wildman–Crippen MR) is 110 cm³/mol. The molecule has 154 valence electrons. The number of anilines is 1. The van der Waals surface area contributed by atoms with Gasteiger partial charge in [0.1, 0.15) is 5.75 Å². The molecule has 0 spiro atoms. The monoisotopic (exact) mass is 399 g/mol. The molecule has 2 amide bonds. The van der Waals surface area contributed by atoms with Crippen LogP contribution in [0.5, 0.6) is 17.2 Å². The van der Waals surface area contributed by atoms with Crippen LogP contribution in [0.2, 0.25) is 0 Å². The first kappa shape index (κ1) is 21.7. The molecule has 8 heteroatoms. The molecule has 0 heterocycles. The number of aromatic hydroxyl groups is 1. The first-order valence-corrected chi connectivity index (χ1v) is 9.32. The van der Waals surface area contributed by atoms with E-state index < -0.39 is 0 Å². The van der Waals surface area contributed by atoms with Gasteiger partial charge in [0, 0.05) is 18.5 Å². The maximum absolute atomic E-state index is 12.0. The lowest BCUT2D eigenvalue weighted by Crippen LogP contribution is -2.20. The van der Waals surface area contributed by atoms with Crippen LogP contribution in [-0.2, 0) is 9.59 Å². The van der Waals surface area contributed by atoms with Gasteiger partial charge in [-0.05, 0) is 61.9 Å². The maximum Gasteiger partial charge on any atom is 0.240 e. The number of ether oxygens (including phenoxy) is 2. The molecule has 2 rings (SSSR count). The molecule has 0 radical (unpaired) electrons. The lowest BCUT2D eigenvalue weighted by molar-refractivity contribution is -0.124. The summed E-state index contributed by atoms with van der Waals surface area (Å²) in [6.07, 6.45) is 1.46. The fourth-order valence-electron chi connectivity index (χ4n) is 2.37. The second kappa shape index (κ2) is 11.3. The Morgan fingerprint density at radius 1 is 1.00 bits per heavy atom. The van der Waals surface area contributed by atoms with Crippen LogP contribution in [0.4, 0.5) is 5.69 Å². The number of nitrogens with zero attached hydrogens (tertiary/aromatic N) is 1. The Hall–Kier alpha value is -3.55. The van der Waals surface area contributed by atoms with Gasteiger partial charge in [0.05, 0.1) is 19.4 Å². The molecule has 0 saturated heterocycles. The zero-order valence-electron chi connectivity index (χ0n) is 16.5.